The van der Waals surface area contributed by atoms with Crippen molar-refractivity contribution in [2.24, 2.45) is 0 Å². The van der Waals surface area contributed by atoms with Crippen LogP contribution in [0.2, 0.25) is 0 Å². The summed E-state index contributed by atoms with van der Waals surface area (Å²) in [4.78, 5) is 57.0. The highest BCUT2D eigenvalue weighted by atomic mass is 16.3. The molecular weight excluding hydrogens is 464 g/mol. The third-order valence-electron chi connectivity index (χ3n) is 6.88. The quantitative estimate of drug-likeness (QED) is 0.539. The maximum absolute atomic E-state index is 13.5. The van der Waals surface area contributed by atoms with Crippen LogP contribution in [0.3, 0.4) is 0 Å². The maximum atomic E-state index is 13.5. The second kappa shape index (κ2) is 8.65. The summed E-state index contributed by atoms with van der Waals surface area (Å²) in [6.45, 7) is 9.49. The Labute approximate surface area is 207 Å². The first-order valence-electron chi connectivity index (χ1n) is 12.1. The van der Waals surface area contributed by atoms with Gasteiger partial charge in [0.25, 0.3) is 11.5 Å². The summed E-state index contributed by atoms with van der Waals surface area (Å²) in [6, 6.07) is 5.30. The number of hydrogen-bond donors (Lipinski definition) is 0. The van der Waals surface area contributed by atoms with Crippen LogP contribution in [0.4, 0.5) is 0 Å². The van der Waals surface area contributed by atoms with Crippen LogP contribution in [0.1, 0.15) is 55.2 Å². The van der Waals surface area contributed by atoms with Gasteiger partial charge in [-0.15, -0.1) is 0 Å². The van der Waals surface area contributed by atoms with Gasteiger partial charge in [0.15, 0.2) is 0 Å². The average Bonchev–Trinajstić information content (AvgIpc) is 3.57. The third kappa shape index (κ3) is 4.08. The molecule has 0 aliphatic carbocycles. The molecule has 3 aromatic heterocycles. The maximum Gasteiger partial charge on any atom is 0.280 e. The van der Waals surface area contributed by atoms with E-state index >= 15 is 0 Å². The summed E-state index contributed by atoms with van der Waals surface area (Å²) in [5.74, 6) is 0.0862. The first-order valence-corrected chi connectivity index (χ1v) is 12.1. The lowest BCUT2D eigenvalue weighted by atomic mass is 9.93. The van der Waals surface area contributed by atoms with Gasteiger partial charge in [0.05, 0.1) is 30.6 Å². The fourth-order valence-electron chi connectivity index (χ4n) is 4.77. The molecule has 0 spiro atoms. The number of carbonyl (C=O) groups excluding carboxylic acids is 3. The van der Waals surface area contributed by atoms with Gasteiger partial charge in [0.1, 0.15) is 23.6 Å². The molecule has 11 nitrogen and oxygen atoms in total. The molecule has 0 saturated carbocycles. The van der Waals surface area contributed by atoms with Gasteiger partial charge in [-0.1, -0.05) is 20.8 Å². The van der Waals surface area contributed by atoms with Gasteiger partial charge in [-0.05, 0) is 12.1 Å². The molecule has 1 saturated heterocycles. The van der Waals surface area contributed by atoms with E-state index in [1.165, 1.54) is 17.7 Å². The summed E-state index contributed by atoms with van der Waals surface area (Å²) < 4.78 is 8.34. The van der Waals surface area contributed by atoms with Crippen molar-refractivity contribution in [3.63, 3.8) is 0 Å². The molecule has 0 unspecified atom stereocenters. The summed E-state index contributed by atoms with van der Waals surface area (Å²) in [7, 11) is 0. The van der Waals surface area contributed by atoms with E-state index in [1.807, 2.05) is 20.8 Å². The van der Waals surface area contributed by atoms with Gasteiger partial charge in [0, 0.05) is 44.6 Å². The van der Waals surface area contributed by atoms with Crippen molar-refractivity contribution >= 4 is 23.4 Å². The highest BCUT2D eigenvalue weighted by Crippen LogP contribution is 2.27. The van der Waals surface area contributed by atoms with E-state index in [-0.39, 0.29) is 54.0 Å². The van der Waals surface area contributed by atoms with E-state index in [0.29, 0.717) is 48.8 Å². The van der Waals surface area contributed by atoms with E-state index < -0.39 is 0 Å². The second-order valence-electron chi connectivity index (χ2n) is 10.4. The summed E-state index contributed by atoms with van der Waals surface area (Å²) in [6.07, 6.45) is 1.54. The van der Waals surface area contributed by atoms with E-state index in [1.54, 1.807) is 37.5 Å². The highest BCUT2D eigenvalue weighted by molar-refractivity contribution is 5.97. The Hall–Kier alpha value is -3.89. The molecule has 3 amide bonds. The molecule has 5 rings (SSSR count). The van der Waals surface area contributed by atoms with Crippen molar-refractivity contribution in [1.82, 2.24) is 28.9 Å². The minimum absolute atomic E-state index is 0.0155. The fraction of sp³-hybridized carbons (Fsp3) is 0.480. The third-order valence-corrected chi connectivity index (χ3v) is 6.88. The van der Waals surface area contributed by atoms with Crippen molar-refractivity contribution in [2.75, 3.05) is 26.2 Å². The topological polar surface area (TPSA) is 113 Å². The molecule has 5 heterocycles. The fourth-order valence-corrected chi connectivity index (χ4v) is 4.77. The van der Waals surface area contributed by atoms with Gasteiger partial charge in [-0.3, -0.25) is 19.2 Å². The summed E-state index contributed by atoms with van der Waals surface area (Å²) >= 11 is 0. The highest BCUT2D eigenvalue weighted by Gasteiger charge is 2.36. The Balaban J connectivity index is 1.54. The predicted molar refractivity (Wildman–Crippen MR) is 129 cm³/mol. The molecule has 0 bridgehead atoms. The van der Waals surface area contributed by atoms with Crippen LogP contribution >= 0.6 is 0 Å². The van der Waals surface area contributed by atoms with Crippen LogP contribution in [-0.4, -0.2) is 72.8 Å². The van der Waals surface area contributed by atoms with Gasteiger partial charge >= 0.3 is 0 Å². The number of nitrogens with zero attached hydrogens (tertiary/aromatic N) is 6. The SMILES string of the molecule is CC(=O)N1CCN(C(=O)Cn2c3c(c(=O)n4nc(C(C)(C)C)cc24)CN(Cc2ccco2)C3=O)CC1. The molecule has 2 aliphatic heterocycles. The Morgan fingerprint density at radius 2 is 1.78 bits per heavy atom. The lowest BCUT2D eigenvalue weighted by Crippen LogP contribution is -2.51. The molecule has 0 atom stereocenters. The van der Waals surface area contributed by atoms with Crippen LogP contribution < -0.4 is 5.56 Å². The van der Waals surface area contributed by atoms with Gasteiger partial charge < -0.3 is 23.7 Å². The molecular formula is C25H30N6O5. The molecule has 36 heavy (non-hydrogen) atoms. The van der Waals surface area contributed by atoms with Crippen molar-refractivity contribution in [2.45, 2.75) is 52.7 Å². The van der Waals surface area contributed by atoms with Crippen molar-refractivity contribution < 1.29 is 18.8 Å². The summed E-state index contributed by atoms with van der Waals surface area (Å²) in [5, 5.41) is 4.56. The Morgan fingerprint density at radius 3 is 2.39 bits per heavy atom. The number of carbonyl (C=O) groups is 3. The number of fused-ring (bicyclic) bond motifs is 2. The second-order valence-corrected chi connectivity index (χ2v) is 10.4. The van der Waals surface area contributed by atoms with Crippen molar-refractivity contribution in [1.29, 1.82) is 0 Å². The molecule has 3 aromatic rings. The number of piperazine rings is 1. The number of rotatable bonds is 4. The predicted octanol–water partition coefficient (Wildman–Crippen LogP) is 1.23. The lowest BCUT2D eigenvalue weighted by molar-refractivity contribution is -0.138. The van der Waals surface area contributed by atoms with Crippen molar-refractivity contribution in [3.05, 3.63) is 57.5 Å². The van der Waals surface area contributed by atoms with Crippen LogP contribution in [-0.2, 0) is 34.6 Å². The normalized spacial score (nSPS) is 16.2. The number of aromatic nitrogens is 3. The van der Waals surface area contributed by atoms with E-state index in [0.717, 1.165) is 0 Å². The molecule has 11 heteroatoms. The summed E-state index contributed by atoms with van der Waals surface area (Å²) in [5.41, 5.74) is 0.951. The molecule has 0 radical (unpaired) electrons. The van der Waals surface area contributed by atoms with Gasteiger partial charge in [-0.25, -0.2) is 0 Å². The first kappa shape index (κ1) is 23.8. The molecule has 1 fully saturated rings. The van der Waals surface area contributed by atoms with Crippen LogP contribution in [0.25, 0.3) is 5.65 Å². The monoisotopic (exact) mass is 494 g/mol. The van der Waals surface area contributed by atoms with Crippen LogP contribution in [0.15, 0.2) is 33.7 Å². The Kier molecular flexibility index (Phi) is 5.73. The molecule has 0 N–H and O–H groups in total. The van der Waals surface area contributed by atoms with Crippen LogP contribution in [0.5, 0.6) is 0 Å². The molecule has 0 aromatic carbocycles. The standard InChI is InChI=1S/C25H30N6O5/c1-16(32)27-7-9-28(10-8-27)21(33)15-30-20-12-19(25(2,3)4)26-31(20)23(34)18-14-29(24(35)22(18)30)13-17-6-5-11-36-17/h5-6,11-12H,7-10,13-15H2,1-4H3. The van der Waals surface area contributed by atoms with Crippen molar-refractivity contribution in [3.8, 4) is 0 Å². The van der Waals surface area contributed by atoms with Crippen LogP contribution in [0, 0.1) is 0 Å². The van der Waals surface area contributed by atoms with E-state index in [2.05, 4.69) is 5.10 Å². The molecule has 190 valence electrons. The molecule has 2 aliphatic rings. The minimum atomic E-state index is -0.357. The number of furan rings is 1. The smallest absolute Gasteiger partial charge is 0.280 e. The lowest BCUT2D eigenvalue weighted by Gasteiger charge is -2.34. The van der Waals surface area contributed by atoms with Gasteiger partial charge in [0.2, 0.25) is 11.8 Å². The first-order chi connectivity index (χ1) is 17.0. The zero-order valence-corrected chi connectivity index (χ0v) is 21.0. The number of amides is 3. The Bertz CT molecular complexity index is 1400. The largest absolute Gasteiger partial charge is 0.467 e. The van der Waals surface area contributed by atoms with E-state index in [9.17, 15) is 19.2 Å². The van der Waals surface area contributed by atoms with E-state index in [4.69, 9.17) is 4.42 Å². The zero-order chi connectivity index (χ0) is 25.8. The minimum Gasteiger partial charge on any atom is -0.467 e. The zero-order valence-electron chi connectivity index (χ0n) is 21.0. The number of hydrogen-bond acceptors (Lipinski definition) is 6. The van der Waals surface area contributed by atoms with Gasteiger partial charge in [-0.2, -0.15) is 9.61 Å². The Morgan fingerprint density at radius 1 is 1.08 bits per heavy atom. The average molecular weight is 495 g/mol.